The van der Waals surface area contributed by atoms with Gasteiger partial charge in [0.1, 0.15) is 0 Å². The van der Waals surface area contributed by atoms with Gasteiger partial charge in [-0.05, 0) is 163 Å². The second kappa shape index (κ2) is 29.9. The first-order valence-corrected chi connectivity index (χ1v) is 41.2. The number of benzene rings is 17. The normalized spacial score (nSPS) is 11.6. The number of rotatable bonds is 16. The van der Waals surface area contributed by atoms with E-state index in [9.17, 15) is 0 Å². The number of fused-ring (bicyclic) bond motifs is 10. The Balaban J connectivity index is 0.635. The van der Waals surface area contributed by atoms with E-state index in [-0.39, 0.29) is 0 Å². The summed E-state index contributed by atoms with van der Waals surface area (Å²) in [4.78, 5) is 32.7. The summed E-state index contributed by atoms with van der Waals surface area (Å²) >= 11 is 0. The lowest BCUT2D eigenvalue weighted by atomic mass is 9.91. The van der Waals surface area contributed by atoms with Crippen LogP contribution in [-0.2, 0) is 0 Å². The molecule has 0 unspecified atom stereocenters. The van der Waals surface area contributed by atoms with Crippen molar-refractivity contribution in [1.82, 2.24) is 47.8 Å². The molecule has 23 aromatic rings. The van der Waals surface area contributed by atoms with Gasteiger partial charge in [0.25, 0.3) is 0 Å². The first-order valence-electron chi connectivity index (χ1n) is 41.2. The maximum absolute atomic E-state index is 5.70. The van der Waals surface area contributed by atoms with E-state index in [0.717, 1.165) is 212 Å². The molecule has 122 heavy (non-hydrogen) atoms. The fourth-order valence-electron chi connectivity index (χ4n) is 17.6. The Labute approximate surface area is 703 Å². The Hall–Kier alpha value is -16.6. The molecule has 0 saturated carbocycles. The maximum atomic E-state index is 5.70. The fourth-order valence-corrected chi connectivity index (χ4v) is 17.6. The lowest BCUT2D eigenvalue weighted by molar-refractivity contribution is 1.11. The Morgan fingerprint density at radius 2 is 0.443 bits per heavy atom. The number of hydrogen-bond donors (Lipinski definition) is 0. The summed E-state index contributed by atoms with van der Waals surface area (Å²) in [6.07, 6.45) is 0. The van der Waals surface area contributed by atoms with Crippen LogP contribution in [-0.4, -0.2) is 47.8 Å². The first kappa shape index (κ1) is 70.8. The maximum Gasteiger partial charge on any atom is 0.220 e. The summed E-state index contributed by atoms with van der Waals surface area (Å²) in [5.41, 5.74) is 36.3. The molecular weight excluding hydrogens is 1490 g/mol. The van der Waals surface area contributed by atoms with Gasteiger partial charge in [-0.15, -0.1) is 0 Å². The minimum atomic E-state index is 0.635. The van der Waals surface area contributed by atoms with Crippen LogP contribution in [0.25, 0.3) is 224 Å². The third kappa shape index (κ3) is 12.7. The van der Waals surface area contributed by atoms with Crippen LogP contribution in [0.5, 0.6) is 0 Å². The molecule has 10 heteroatoms. The molecule has 0 radical (unpaired) electrons. The van der Waals surface area contributed by atoms with Crippen molar-refractivity contribution in [2.45, 2.75) is 0 Å². The Morgan fingerprint density at radius 1 is 0.156 bits per heavy atom. The molecule has 0 aliphatic rings. The van der Waals surface area contributed by atoms with E-state index in [4.69, 9.17) is 29.9 Å². The Kier molecular flexibility index (Phi) is 17.3. The van der Waals surface area contributed by atoms with E-state index in [1.165, 1.54) is 0 Å². The highest BCUT2D eigenvalue weighted by atomic mass is 15.2. The van der Waals surface area contributed by atoms with Crippen LogP contribution < -0.4 is 0 Å². The van der Waals surface area contributed by atoms with Gasteiger partial charge >= 0.3 is 0 Å². The third-order valence-electron chi connectivity index (χ3n) is 23.6. The van der Waals surface area contributed by atoms with Crippen molar-refractivity contribution in [2.75, 3.05) is 0 Å². The molecule has 0 N–H and O–H groups in total. The van der Waals surface area contributed by atoms with Crippen LogP contribution >= 0.6 is 0 Å². The van der Waals surface area contributed by atoms with E-state index < -0.39 is 0 Å². The molecule has 0 spiro atoms. The highest BCUT2D eigenvalue weighted by molar-refractivity contribution is 6.02. The molecule has 0 aliphatic carbocycles. The smallest absolute Gasteiger partial charge is 0.220 e. The monoisotopic (exact) mass is 1560 g/mol. The van der Waals surface area contributed by atoms with E-state index in [1.807, 2.05) is 42.5 Å². The molecule has 0 saturated heterocycles. The van der Waals surface area contributed by atoms with Crippen LogP contribution in [0.1, 0.15) is 0 Å². The second-order valence-corrected chi connectivity index (χ2v) is 31.0. The standard InChI is InChI=1S/C112H72N10/c1-10-29-73(30-11-1)85-53-58-95-104(67-85)120-106-69-87(74-31-12-2-13-32-74)55-61-102(106)119(111(120)117-95)101-60-57-90(64-92(101)78-35-16-4-17-36-78)99-72-98(114-110(115-99)83-45-26-9-27-46-83)89-48-28-47-84(63-89)76-49-51-77(52-50-76)86-54-59-96-105(68-86)121-107-70-88(75-33-14-3-15-34-75)56-62-103(107)122(112(121)118-96)108-93(79-37-18-5-19-38-79)65-91(66-94(108)80-39-20-6-21-40-80)100-71-97(81-41-22-7-23-42-81)113-109(116-100)82-43-24-8-25-44-82/h1-72H. The van der Waals surface area contributed by atoms with Gasteiger partial charge in [0.2, 0.25) is 11.6 Å². The molecule has 0 fully saturated rings. The summed E-state index contributed by atoms with van der Waals surface area (Å²) in [6, 6.07) is 155. The van der Waals surface area contributed by atoms with Gasteiger partial charge in [-0.2, -0.15) is 0 Å². The molecule has 17 aromatic carbocycles. The molecular formula is C112H72N10. The second-order valence-electron chi connectivity index (χ2n) is 31.0. The highest BCUT2D eigenvalue weighted by Gasteiger charge is 2.28. The summed E-state index contributed by atoms with van der Waals surface area (Å²) in [6.45, 7) is 0. The van der Waals surface area contributed by atoms with Crippen LogP contribution in [0, 0.1) is 0 Å². The molecule has 10 nitrogen and oxygen atoms in total. The molecule has 0 bridgehead atoms. The van der Waals surface area contributed by atoms with Crippen molar-refractivity contribution in [3.63, 3.8) is 0 Å². The van der Waals surface area contributed by atoms with Crippen molar-refractivity contribution >= 4 is 55.7 Å². The van der Waals surface area contributed by atoms with E-state index in [1.54, 1.807) is 0 Å². The summed E-state index contributed by atoms with van der Waals surface area (Å²) < 4.78 is 9.44. The Bertz CT molecular complexity index is 7810. The van der Waals surface area contributed by atoms with Gasteiger partial charge in [-0.25, -0.2) is 29.9 Å². The predicted molar refractivity (Wildman–Crippen MR) is 500 cm³/mol. The number of hydrogen-bond acceptors (Lipinski definition) is 6. The molecule has 6 heterocycles. The van der Waals surface area contributed by atoms with Gasteiger partial charge < -0.3 is 0 Å². The summed E-state index contributed by atoms with van der Waals surface area (Å²) in [5, 5.41) is 0. The van der Waals surface area contributed by atoms with Crippen LogP contribution in [0.2, 0.25) is 0 Å². The van der Waals surface area contributed by atoms with Crippen molar-refractivity contribution in [1.29, 1.82) is 0 Å². The van der Waals surface area contributed by atoms with Crippen molar-refractivity contribution in [3.05, 3.63) is 437 Å². The van der Waals surface area contributed by atoms with E-state index in [2.05, 4.69) is 412 Å². The number of imidazole rings is 4. The van der Waals surface area contributed by atoms with Crippen LogP contribution in [0.4, 0.5) is 0 Å². The molecule has 6 aromatic heterocycles. The van der Waals surface area contributed by atoms with Gasteiger partial charge in [-0.1, -0.05) is 346 Å². The summed E-state index contributed by atoms with van der Waals surface area (Å²) in [7, 11) is 0. The highest BCUT2D eigenvalue weighted by Crippen LogP contribution is 2.47. The zero-order valence-corrected chi connectivity index (χ0v) is 66.0. The summed E-state index contributed by atoms with van der Waals surface area (Å²) in [5.74, 6) is 2.90. The lowest BCUT2D eigenvalue weighted by Crippen LogP contribution is -2.03. The molecule has 0 atom stereocenters. The van der Waals surface area contributed by atoms with E-state index >= 15 is 0 Å². The van der Waals surface area contributed by atoms with Crippen molar-refractivity contribution in [2.24, 2.45) is 0 Å². The zero-order valence-electron chi connectivity index (χ0n) is 66.0. The minimum absolute atomic E-state index is 0.635. The average Bonchev–Trinajstić information content (AvgIpc) is 1.55. The topological polar surface area (TPSA) is 96.0 Å². The molecule has 0 aliphatic heterocycles. The SMILES string of the molecule is c1ccc(-c2ccc3nc4n(-c5ccc(-c6cc(-c7cccc(-c8ccc(-c9ccc%10nc%11n(-c%12c(-c%13ccccc%13)cc(-c%13cc(-c%14ccccc%14)nc(-c%14ccccc%14)n%13)cc%12-c%12ccccc%12)c%12ccc(-c%13ccccc%13)cc%12n%11c%10c9)cc8)c7)nc(-c7ccccc7)n6)cc5-c5ccccc5)c5ccc(-c6ccccc6)cc5n4c3c2)cc1. The molecule has 570 valence electrons. The number of nitrogens with zero attached hydrogens (tertiary/aromatic N) is 10. The molecule has 0 amide bonds. The van der Waals surface area contributed by atoms with Crippen molar-refractivity contribution < 1.29 is 0 Å². The quantitative estimate of drug-likeness (QED) is 0.0956. The fraction of sp³-hybridized carbons (Fsp3) is 0. The minimum Gasteiger partial charge on any atom is -0.278 e. The van der Waals surface area contributed by atoms with Crippen molar-refractivity contribution in [3.8, 4) is 168 Å². The lowest BCUT2D eigenvalue weighted by Gasteiger charge is -2.20. The average molecular weight is 1560 g/mol. The third-order valence-corrected chi connectivity index (χ3v) is 23.6. The van der Waals surface area contributed by atoms with Gasteiger partial charge in [0.15, 0.2) is 11.6 Å². The largest absolute Gasteiger partial charge is 0.278 e. The predicted octanol–water partition coefficient (Wildman–Crippen LogP) is 28.1. The van der Waals surface area contributed by atoms with Crippen LogP contribution in [0.15, 0.2) is 437 Å². The van der Waals surface area contributed by atoms with Gasteiger partial charge in [0.05, 0.1) is 78.3 Å². The van der Waals surface area contributed by atoms with E-state index in [0.29, 0.717) is 11.6 Å². The van der Waals surface area contributed by atoms with Crippen LogP contribution in [0.3, 0.4) is 0 Å². The van der Waals surface area contributed by atoms with Gasteiger partial charge in [-0.3, -0.25) is 17.9 Å². The zero-order chi connectivity index (χ0) is 80.6. The first-order chi connectivity index (χ1) is 60.4. The Morgan fingerprint density at radius 3 is 0.877 bits per heavy atom. The molecule has 23 rings (SSSR count). The number of aromatic nitrogens is 10. The van der Waals surface area contributed by atoms with Gasteiger partial charge in [0, 0.05) is 50.1 Å².